The van der Waals surface area contributed by atoms with Crippen LogP contribution in [-0.2, 0) is 12.8 Å². The molecule has 0 saturated carbocycles. The van der Waals surface area contributed by atoms with Crippen LogP contribution in [0.1, 0.15) is 43.0 Å². The van der Waals surface area contributed by atoms with Crippen molar-refractivity contribution in [2.24, 2.45) is 0 Å². The van der Waals surface area contributed by atoms with Crippen LogP contribution in [-0.4, -0.2) is 16.1 Å². The number of hydrogen-bond acceptors (Lipinski definition) is 2. The van der Waals surface area contributed by atoms with E-state index in [4.69, 9.17) is 0 Å². The van der Waals surface area contributed by atoms with Crippen molar-refractivity contribution in [2.75, 3.05) is 11.9 Å². The van der Waals surface area contributed by atoms with Gasteiger partial charge in [-0.3, -0.25) is 4.57 Å². The highest BCUT2D eigenvalue weighted by molar-refractivity contribution is 5.48. The Morgan fingerprint density at radius 1 is 1.25 bits per heavy atom. The van der Waals surface area contributed by atoms with Crippen molar-refractivity contribution < 1.29 is 0 Å². The number of unbranched alkanes of at least 4 members (excludes halogenated alkanes) is 1. The fraction of sp³-hybridized carbons (Fsp3) is 0.471. The number of rotatable bonds is 5. The third kappa shape index (κ3) is 2.58. The van der Waals surface area contributed by atoms with Crippen LogP contribution in [0.2, 0.25) is 0 Å². The van der Waals surface area contributed by atoms with Gasteiger partial charge in [0.15, 0.2) is 0 Å². The minimum Gasteiger partial charge on any atom is -0.355 e. The van der Waals surface area contributed by atoms with E-state index in [1.165, 1.54) is 48.9 Å². The number of nitrogens with zero attached hydrogens (tertiary/aromatic N) is 2. The van der Waals surface area contributed by atoms with Crippen LogP contribution < -0.4 is 5.32 Å². The SMILES string of the molecule is CCCCNc1nc(C)cn1-c1ccc2c(c1)CCC2. The first-order valence-electron chi connectivity index (χ1n) is 7.70. The maximum Gasteiger partial charge on any atom is 0.207 e. The Kier molecular flexibility index (Phi) is 3.77. The smallest absolute Gasteiger partial charge is 0.207 e. The molecule has 0 amide bonds. The molecule has 0 spiro atoms. The number of benzene rings is 1. The highest BCUT2D eigenvalue weighted by Gasteiger charge is 2.13. The topological polar surface area (TPSA) is 29.9 Å². The number of hydrogen-bond donors (Lipinski definition) is 1. The molecule has 3 nitrogen and oxygen atoms in total. The molecule has 20 heavy (non-hydrogen) atoms. The summed E-state index contributed by atoms with van der Waals surface area (Å²) in [7, 11) is 0. The zero-order valence-electron chi connectivity index (χ0n) is 12.4. The van der Waals surface area contributed by atoms with Crippen molar-refractivity contribution >= 4 is 5.95 Å². The molecule has 3 heteroatoms. The summed E-state index contributed by atoms with van der Waals surface area (Å²) in [5, 5.41) is 3.45. The maximum atomic E-state index is 4.60. The molecule has 1 heterocycles. The van der Waals surface area contributed by atoms with Crippen LogP contribution in [0.25, 0.3) is 5.69 Å². The zero-order valence-corrected chi connectivity index (χ0v) is 12.4. The molecule has 1 N–H and O–H groups in total. The summed E-state index contributed by atoms with van der Waals surface area (Å²) in [5.41, 5.74) is 5.31. The number of anilines is 1. The zero-order chi connectivity index (χ0) is 13.9. The highest BCUT2D eigenvalue weighted by Crippen LogP contribution is 2.26. The van der Waals surface area contributed by atoms with E-state index in [1.807, 2.05) is 0 Å². The average Bonchev–Trinajstić information content (AvgIpc) is 3.04. The lowest BCUT2D eigenvalue weighted by atomic mass is 10.1. The standard InChI is InChI=1S/C17H23N3/c1-3-4-10-18-17-19-13(2)12-20(17)16-9-8-14-6-5-7-15(14)11-16/h8-9,11-12H,3-7,10H2,1-2H3,(H,18,19). The summed E-state index contributed by atoms with van der Waals surface area (Å²) < 4.78 is 2.18. The third-order valence-electron chi connectivity index (χ3n) is 4.00. The van der Waals surface area contributed by atoms with E-state index in [-0.39, 0.29) is 0 Å². The molecule has 106 valence electrons. The number of aryl methyl sites for hydroxylation is 3. The van der Waals surface area contributed by atoms with Crippen LogP contribution >= 0.6 is 0 Å². The van der Waals surface area contributed by atoms with Gasteiger partial charge in [0, 0.05) is 18.4 Å². The van der Waals surface area contributed by atoms with Gasteiger partial charge in [0.05, 0.1) is 5.69 Å². The first-order valence-corrected chi connectivity index (χ1v) is 7.70. The van der Waals surface area contributed by atoms with Gasteiger partial charge in [-0.2, -0.15) is 0 Å². The van der Waals surface area contributed by atoms with Gasteiger partial charge in [0.1, 0.15) is 0 Å². The van der Waals surface area contributed by atoms with Gasteiger partial charge in [-0.1, -0.05) is 19.4 Å². The van der Waals surface area contributed by atoms with Crippen molar-refractivity contribution in [1.29, 1.82) is 0 Å². The van der Waals surface area contributed by atoms with Crippen LogP contribution in [0.5, 0.6) is 0 Å². The first-order chi connectivity index (χ1) is 9.78. The second-order valence-electron chi connectivity index (χ2n) is 5.66. The second-order valence-corrected chi connectivity index (χ2v) is 5.66. The third-order valence-corrected chi connectivity index (χ3v) is 4.00. The molecule has 1 aliphatic rings. The largest absolute Gasteiger partial charge is 0.355 e. The average molecular weight is 269 g/mol. The molecule has 2 aromatic rings. The van der Waals surface area contributed by atoms with Crippen molar-refractivity contribution in [3.63, 3.8) is 0 Å². The predicted octanol–water partition coefficient (Wildman–Crippen LogP) is 3.88. The fourth-order valence-corrected chi connectivity index (χ4v) is 2.90. The van der Waals surface area contributed by atoms with Gasteiger partial charge in [0.2, 0.25) is 5.95 Å². The number of fused-ring (bicyclic) bond motifs is 1. The van der Waals surface area contributed by atoms with E-state index in [1.54, 1.807) is 0 Å². The molecular formula is C17H23N3. The molecular weight excluding hydrogens is 246 g/mol. The Morgan fingerprint density at radius 3 is 2.95 bits per heavy atom. The number of nitrogens with one attached hydrogen (secondary N) is 1. The molecule has 3 rings (SSSR count). The quantitative estimate of drug-likeness (QED) is 0.835. The van der Waals surface area contributed by atoms with Gasteiger partial charge >= 0.3 is 0 Å². The first kappa shape index (κ1) is 13.2. The fourth-order valence-electron chi connectivity index (χ4n) is 2.90. The van der Waals surface area contributed by atoms with Gasteiger partial charge in [-0.25, -0.2) is 4.98 Å². The van der Waals surface area contributed by atoms with E-state index in [2.05, 4.69) is 53.1 Å². The van der Waals surface area contributed by atoms with Gasteiger partial charge in [0.25, 0.3) is 0 Å². The predicted molar refractivity (Wildman–Crippen MR) is 83.7 cm³/mol. The van der Waals surface area contributed by atoms with Crippen molar-refractivity contribution in [3.05, 3.63) is 41.2 Å². The summed E-state index contributed by atoms with van der Waals surface area (Å²) >= 11 is 0. The molecule has 1 aromatic heterocycles. The molecule has 0 unspecified atom stereocenters. The van der Waals surface area contributed by atoms with E-state index < -0.39 is 0 Å². The summed E-state index contributed by atoms with van der Waals surface area (Å²) in [6, 6.07) is 6.83. The molecule has 0 fully saturated rings. The van der Waals surface area contributed by atoms with E-state index in [9.17, 15) is 0 Å². The Bertz CT molecular complexity index is 598. The summed E-state index contributed by atoms with van der Waals surface area (Å²) in [6.45, 7) is 5.24. The number of aromatic nitrogens is 2. The Labute approximate surface area is 121 Å². The van der Waals surface area contributed by atoms with Crippen LogP contribution in [0.4, 0.5) is 5.95 Å². The summed E-state index contributed by atoms with van der Waals surface area (Å²) in [5.74, 6) is 0.967. The Balaban J connectivity index is 1.89. The van der Waals surface area contributed by atoms with E-state index in [0.717, 1.165) is 18.2 Å². The second kappa shape index (κ2) is 5.70. The van der Waals surface area contributed by atoms with Crippen LogP contribution in [0.15, 0.2) is 24.4 Å². The van der Waals surface area contributed by atoms with Crippen LogP contribution in [0.3, 0.4) is 0 Å². The minimum atomic E-state index is 0.967. The maximum absolute atomic E-state index is 4.60. The van der Waals surface area contributed by atoms with Gasteiger partial charge in [-0.05, 0) is 55.9 Å². The lowest BCUT2D eigenvalue weighted by molar-refractivity contribution is 0.823. The van der Waals surface area contributed by atoms with E-state index in [0.29, 0.717) is 0 Å². The van der Waals surface area contributed by atoms with Crippen molar-refractivity contribution in [3.8, 4) is 5.69 Å². The normalized spacial score (nSPS) is 13.5. The molecule has 1 aromatic carbocycles. The van der Waals surface area contributed by atoms with Gasteiger partial charge < -0.3 is 5.32 Å². The molecule has 0 bridgehead atoms. The lowest BCUT2D eigenvalue weighted by Gasteiger charge is -2.11. The molecule has 0 atom stereocenters. The van der Waals surface area contributed by atoms with E-state index >= 15 is 0 Å². The lowest BCUT2D eigenvalue weighted by Crippen LogP contribution is -2.07. The monoisotopic (exact) mass is 269 g/mol. The Hall–Kier alpha value is -1.77. The van der Waals surface area contributed by atoms with Crippen molar-refractivity contribution in [1.82, 2.24) is 9.55 Å². The van der Waals surface area contributed by atoms with Gasteiger partial charge in [-0.15, -0.1) is 0 Å². The highest BCUT2D eigenvalue weighted by atomic mass is 15.2. The molecule has 1 aliphatic carbocycles. The molecule has 0 radical (unpaired) electrons. The molecule has 0 aliphatic heterocycles. The molecule has 0 saturated heterocycles. The van der Waals surface area contributed by atoms with Crippen LogP contribution in [0, 0.1) is 6.92 Å². The van der Waals surface area contributed by atoms with Crippen molar-refractivity contribution in [2.45, 2.75) is 46.0 Å². The number of imidazole rings is 1. The minimum absolute atomic E-state index is 0.967. The summed E-state index contributed by atoms with van der Waals surface area (Å²) in [6.07, 6.45) is 8.24. The summed E-state index contributed by atoms with van der Waals surface area (Å²) in [4.78, 5) is 4.60. The Morgan fingerprint density at radius 2 is 2.10 bits per heavy atom.